The van der Waals surface area contributed by atoms with E-state index in [0.717, 1.165) is 13.0 Å². The van der Waals surface area contributed by atoms with Gasteiger partial charge in [0.2, 0.25) is 0 Å². The summed E-state index contributed by atoms with van der Waals surface area (Å²) in [7, 11) is 2.04. The van der Waals surface area contributed by atoms with Crippen LogP contribution in [0.4, 0.5) is 0 Å². The van der Waals surface area contributed by atoms with Gasteiger partial charge >= 0.3 is 8.80 Å². The normalized spacial score (nSPS) is 24.4. The quantitative estimate of drug-likeness (QED) is 0.614. The summed E-state index contributed by atoms with van der Waals surface area (Å²) >= 11 is 0. The van der Waals surface area contributed by atoms with Gasteiger partial charge in [0.25, 0.3) is 0 Å². The molecular weight excluding hydrogens is 204 g/mol. The first-order valence-electron chi connectivity index (χ1n) is 4.61. The Balaban J connectivity index is 2.47. The predicted molar refractivity (Wildman–Crippen MR) is 51.7 cm³/mol. The van der Waals surface area contributed by atoms with Gasteiger partial charge in [0.15, 0.2) is 6.29 Å². The highest BCUT2D eigenvalue weighted by atomic mass is 28.4. The second-order valence-corrected chi connectivity index (χ2v) is 6.33. The first-order chi connectivity index (χ1) is 6.68. The lowest BCUT2D eigenvalue weighted by Crippen LogP contribution is -2.56. The first kappa shape index (κ1) is 12.1. The van der Waals surface area contributed by atoms with E-state index in [1.165, 1.54) is 0 Å². The van der Waals surface area contributed by atoms with Gasteiger partial charge in [0.05, 0.1) is 6.61 Å². The van der Waals surface area contributed by atoms with Crippen molar-refractivity contribution in [3.63, 3.8) is 0 Å². The third-order valence-electron chi connectivity index (χ3n) is 2.36. The molecule has 5 nitrogen and oxygen atoms in total. The molecule has 14 heavy (non-hydrogen) atoms. The summed E-state index contributed by atoms with van der Waals surface area (Å²) in [6.07, 6.45) is 0.795. The Kier molecular flexibility index (Phi) is 4.49. The highest BCUT2D eigenvalue weighted by molar-refractivity contribution is 6.61. The van der Waals surface area contributed by atoms with Gasteiger partial charge in [-0.05, 0) is 6.92 Å². The van der Waals surface area contributed by atoms with E-state index >= 15 is 0 Å². The molecule has 2 atom stereocenters. The Hall–Kier alpha value is 0.0169. The zero-order valence-electron chi connectivity index (χ0n) is 9.11. The van der Waals surface area contributed by atoms with Gasteiger partial charge in [-0.1, -0.05) is 0 Å². The molecule has 1 fully saturated rings. The molecule has 0 spiro atoms. The molecule has 1 heterocycles. The van der Waals surface area contributed by atoms with Gasteiger partial charge < -0.3 is 22.8 Å². The van der Waals surface area contributed by atoms with Gasteiger partial charge in [-0.25, -0.2) is 0 Å². The zero-order valence-corrected chi connectivity index (χ0v) is 10.1. The van der Waals surface area contributed by atoms with Crippen LogP contribution in [0.25, 0.3) is 0 Å². The molecular formula is C8H18O5Si. The van der Waals surface area contributed by atoms with Crippen molar-refractivity contribution in [3.05, 3.63) is 0 Å². The molecule has 0 radical (unpaired) electrons. The van der Waals surface area contributed by atoms with Gasteiger partial charge in [-0.2, -0.15) is 0 Å². The molecule has 1 aliphatic rings. The average Bonchev–Trinajstić information content (AvgIpc) is 2.15. The highest BCUT2D eigenvalue weighted by Gasteiger charge is 2.47. The minimum atomic E-state index is -2.67. The number of ether oxygens (including phenoxy) is 2. The maximum absolute atomic E-state index is 5.59. The fourth-order valence-electron chi connectivity index (χ4n) is 1.38. The van der Waals surface area contributed by atoms with Crippen LogP contribution in [0.3, 0.4) is 0 Å². The molecule has 0 aromatic carbocycles. The van der Waals surface area contributed by atoms with Crippen molar-refractivity contribution in [2.75, 3.05) is 27.9 Å². The third-order valence-corrected chi connectivity index (χ3v) is 5.20. The Bertz CT molecular complexity index is 161. The van der Waals surface area contributed by atoms with E-state index in [9.17, 15) is 0 Å². The van der Waals surface area contributed by atoms with Crippen LogP contribution in [0, 0.1) is 0 Å². The zero-order chi connectivity index (χ0) is 10.6. The van der Waals surface area contributed by atoms with Crippen LogP contribution in [-0.4, -0.2) is 48.8 Å². The second-order valence-electron chi connectivity index (χ2n) is 3.08. The maximum atomic E-state index is 5.59. The van der Waals surface area contributed by atoms with Crippen molar-refractivity contribution in [1.82, 2.24) is 0 Å². The Morgan fingerprint density at radius 2 is 1.71 bits per heavy atom. The standard InChI is InChI=1S/C8H18O5Si/c1-7(13-8-5-6-12-8)14(9-2,10-3)11-4/h7-8H,5-6H2,1-4H3. The molecule has 0 amide bonds. The van der Waals surface area contributed by atoms with Crippen LogP contribution < -0.4 is 0 Å². The monoisotopic (exact) mass is 222 g/mol. The van der Waals surface area contributed by atoms with E-state index in [1.807, 2.05) is 6.92 Å². The molecule has 0 aromatic heterocycles. The highest BCUT2D eigenvalue weighted by Crippen LogP contribution is 2.21. The summed E-state index contributed by atoms with van der Waals surface area (Å²) in [6.45, 7) is 2.64. The molecule has 0 aliphatic carbocycles. The molecule has 2 unspecified atom stereocenters. The van der Waals surface area contributed by atoms with Crippen molar-refractivity contribution in [3.8, 4) is 0 Å². The fraction of sp³-hybridized carbons (Fsp3) is 1.00. The smallest absolute Gasteiger partial charge is 0.375 e. The molecule has 0 saturated carbocycles. The van der Waals surface area contributed by atoms with Crippen molar-refractivity contribution in [2.45, 2.75) is 25.4 Å². The molecule has 84 valence electrons. The lowest BCUT2D eigenvalue weighted by Gasteiger charge is -2.35. The Labute approximate surface area is 85.6 Å². The summed E-state index contributed by atoms with van der Waals surface area (Å²) in [4.78, 5) is 0. The first-order valence-corrected chi connectivity index (χ1v) is 6.41. The molecule has 1 rings (SSSR count). The van der Waals surface area contributed by atoms with E-state index in [0.29, 0.717) is 0 Å². The number of hydrogen-bond donors (Lipinski definition) is 0. The average molecular weight is 222 g/mol. The van der Waals surface area contributed by atoms with Crippen LogP contribution in [0.15, 0.2) is 0 Å². The fourth-order valence-corrected chi connectivity index (χ4v) is 3.19. The Morgan fingerprint density at radius 3 is 2.00 bits per heavy atom. The van der Waals surface area contributed by atoms with Gasteiger partial charge in [-0.15, -0.1) is 0 Å². The molecule has 1 saturated heterocycles. The van der Waals surface area contributed by atoms with Crippen LogP contribution in [0.5, 0.6) is 0 Å². The minimum absolute atomic E-state index is 0.127. The van der Waals surface area contributed by atoms with Crippen LogP contribution in [0.2, 0.25) is 0 Å². The Morgan fingerprint density at radius 1 is 1.21 bits per heavy atom. The largest absolute Gasteiger partial charge is 0.530 e. The van der Waals surface area contributed by atoms with Gasteiger partial charge in [0.1, 0.15) is 5.73 Å². The van der Waals surface area contributed by atoms with Crippen LogP contribution in [-0.2, 0) is 22.8 Å². The second kappa shape index (κ2) is 5.20. The van der Waals surface area contributed by atoms with Gasteiger partial charge in [0, 0.05) is 27.8 Å². The third kappa shape index (κ3) is 2.33. The van der Waals surface area contributed by atoms with Crippen molar-refractivity contribution < 1.29 is 22.8 Å². The van der Waals surface area contributed by atoms with Crippen molar-refractivity contribution in [1.29, 1.82) is 0 Å². The SMILES string of the molecule is CO[Si](OC)(OC)C(C)OC1CCO1. The van der Waals surface area contributed by atoms with Crippen LogP contribution >= 0.6 is 0 Å². The number of rotatable bonds is 6. The van der Waals surface area contributed by atoms with E-state index in [2.05, 4.69) is 0 Å². The summed E-state index contributed by atoms with van der Waals surface area (Å²) in [5.41, 5.74) is -0.215. The van der Waals surface area contributed by atoms with E-state index in [-0.39, 0.29) is 12.0 Å². The maximum Gasteiger partial charge on any atom is 0.530 e. The topological polar surface area (TPSA) is 46.2 Å². The number of hydrogen-bond acceptors (Lipinski definition) is 5. The van der Waals surface area contributed by atoms with E-state index in [4.69, 9.17) is 22.8 Å². The molecule has 0 bridgehead atoms. The molecule has 0 N–H and O–H groups in total. The predicted octanol–water partition coefficient (Wildman–Crippen LogP) is 0.555. The minimum Gasteiger partial charge on any atom is -0.375 e. The van der Waals surface area contributed by atoms with Crippen molar-refractivity contribution in [2.24, 2.45) is 0 Å². The van der Waals surface area contributed by atoms with E-state index < -0.39 is 8.80 Å². The molecule has 0 aromatic rings. The van der Waals surface area contributed by atoms with E-state index in [1.54, 1.807) is 21.3 Å². The summed E-state index contributed by atoms with van der Waals surface area (Å²) in [5.74, 6) is 0. The molecule has 1 aliphatic heterocycles. The van der Waals surface area contributed by atoms with Crippen molar-refractivity contribution >= 4 is 8.80 Å². The summed E-state index contributed by atoms with van der Waals surface area (Å²) in [5, 5.41) is 0. The van der Waals surface area contributed by atoms with Gasteiger partial charge in [-0.3, -0.25) is 0 Å². The molecule has 6 heteroatoms. The summed E-state index contributed by atoms with van der Waals surface area (Å²) in [6, 6.07) is 0. The lowest BCUT2D eigenvalue weighted by atomic mass is 10.3. The van der Waals surface area contributed by atoms with Crippen LogP contribution in [0.1, 0.15) is 13.3 Å². The lowest BCUT2D eigenvalue weighted by molar-refractivity contribution is -0.228. The summed E-state index contributed by atoms with van der Waals surface area (Å²) < 4.78 is 26.6.